The van der Waals surface area contributed by atoms with Crippen LogP contribution in [0.15, 0.2) is 24.3 Å². The summed E-state index contributed by atoms with van der Waals surface area (Å²) in [6.45, 7) is 1.99. The minimum absolute atomic E-state index is 0.108. The van der Waals surface area contributed by atoms with Gasteiger partial charge in [0.15, 0.2) is 0 Å². The molecule has 2 N–H and O–H groups in total. The van der Waals surface area contributed by atoms with Gasteiger partial charge < -0.3 is 15.2 Å². The highest BCUT2D eigenvalue weighted by Crippen LogP contribution is 2.19. The van der Waals surface area contributed by atoms with Gasteiger partial charge in [-0.3, -0.25) is 4.90 Å². The average molecular weight is 292 g/mol. The lowest BCUT2D eigenvalue weighted by Crippen LogP contribution is -2.41. The fourth-order valence-corrected chi connectivity index (χ4v) is 2.37. The first-order valence-electron chi connectivity index (χ1n) is 7.01. The van der Waals surface area contributed by atoms with Crippen LogP contribution in [0.4, 0.5) is 10.5 Å². The van der Waals surface area contributed by atoms with Gasteiger partial charge in [-0.1, -0.05) is 12.1 Å². The molecule has 2 rings (SSSR count). The number of carboxylic acids is 1. The van der Waals surface area contributed by atoms with Gasteiger partial charge in [0, 0.05) is 20.2 Å². The Kier molecular flexibility index (Phi) is 5.16. The van der Waals surface area contributed by atoms with Crippen LogP contribution in [0, 0.1) is 5.92 Å². The molecule has 1 saturated heterocycles. The Morgan fingerprint density at radius 1 is 1.43 bits per heavy atom. The molecule has 0 aliphatic carbocycles. The molecule has 2 amide bonds. The van der Waals surface area contributed by atoms with Crippen LogP contribution in [0.1, 0.15) is 23.2 Å². The number of benzene rings is 1. The van der Waals surface area contributed by atoms with E-state index in [1.807, 2.05) is 0 Å². The molecule has 6 nitrogen and oxygen atoms in total. The van der Waals surface area contributed by atoms with Crippen LogP contribution in [0.3, 0.4) is 0 Å². The second kappa shape index (κ2) is 7.08. The summed E-state index contributed by atoms with van der Waals surface area (Å²) < 4.78 is 5.37. The lowest BCUT2D eigenvalue weighted by Gasteiger charge is -2.24. The predicted molar refractivity (Wildman–Crippen MR) is 78.7 cm³/mol. The largest absolute Gasteiger partial charge is 0.478 e. The normalized spacial score (nSPS) is 18.0. The van der Waals surface area contributed by atoms with Crippen molar-refractivity contribution in [3.8, 4) is 0 Å². The van der Waals surface area contributed by atoms with Crippen molar-refractivity contribution in [2.75, 3.05) is 31.7 Å². The number of carboxylic acid groups (broad SMARTS) is 1. The fraction of sp³-hybridized carbons (Fsp3) is 0.467. The van der Waals surface area contributed by atoms with E-state index in [0.29, 0.717) is 24.8 Å². The number of carbonyl (C=O) groups is 2. The first-order chi connectivity index (χ1) is 10.1. The fourth-order valence-electron chi connectivity index (χ4n) is 2.37. The Hall–Kier alpha value is -2.08. The molecule has 0 radical (unpaired) electrons. The van der Waals surface area contributed by atoms with Gasteiger partial charge in [-0.25, -0.2) is 9.59 Å². The molecule has 114 valence electrons. The molecular formula is C15H20N2O4. The maximum absolute atomic E-state index is 12.1. The molecule has 1 aliphatic heterocycles. The third-order valence-corrected chi connectivity index (χ3v) is 3.60. The Morgan fingerprint density at radius 2 is 2.19 bits per heavy atom. The van der Waals surface area contributed by atoms with E-state index in [-0.39, 0.29) is 11.6 Å². The van der Waals surface area contributed by atoms with Crippen molar-refractivity contribution in [2.24, 2.45) is 5.92 Å². The highest BCUT2D eigenvalue weighted by molar-refractivity contribution is 6.01. The van der Waals surface area contributed by atoms with Crippen molar-refractivity contribution < 1.29 is 19.4 Å². The number of para-hydroxylation sites is 1. The number of aromatic carboxylic acids is 1. The number of nitrogens with one attached hydrogen (secondary N) is 1. The summed E-state index contributed by atoms with van der Waals surface area (Å²) in [6.07, 6.45) is 2.05. The molecule has 1 aromatic carbocycles. The highest BCUT2D eigenvalue weighted by Gasteiger charge is 2.19. The first kappa shape index (κ1) is 15.3. The monoisotopic (exact) mass is 292 g/mol. The van der Waals surface area contributed by atoms with Gasteiger partial charge in [0.2, 0.25) is 0 Å². The molecule has 1 unspecified atom stereocenters. The zero-order valence-corrected chi connectivity index (χ0v) is 12.0. The maximum atomic E-state index is 12.1. The standard InChI is InChI=1S/C15H20N2O4/c1-17(13-7-3-2-6-12(13)14(18)19)15(20)16-9-11-5-4-8-21-10-11/h2-3,6-7,11H,4-5,8-10H2,1H3,(H,16,20)(H,18,19). The van der Waals surface area contributed by atoms with Crippen LogP contribution >= 0.6 is 0 Å². The van der Waals surface area contributed by atoms with E-state index in [1.54, 1.807) is 25.2 Å². The molecule has 1 aliphatic rings. The summed E-state index contributed by atoms with van der Waals surface area (Å²) in [5, 5.41) is 12.0. The van der Waals surface area contributed by atoms with Gasteiger partial charge in [-0.05, 0) is 30.9 Å². The van der Waals surface area contributed by atoms with Crippen LogP contribution < -0.4 is 10.2 Å². The van der Waals surface area contributed by atoms with Crippen molar-refractivity contribution in [3.63, 3.8) is 0 Å². The molecule has 1 aromatic rings. The van der Waals surface area contributed by atoms with Crippen molar-refractivity contribution in [2.45, 2.75) is 12.8 Å². The number of anilines is 1. The number of urea groups is 1. The molecule has 1 fully saturated rings. The van der Waals surface area contributed by atoms with Crippen LogP contribution in [-0.2, 0) is 4.74 Å². The minimum atomic E-state index is -1.05. The van der Waals surface area contributed by atoms with Crippen molar-refractivity contribution in [3.05, 3.63) is 29.8 Å². The summed E-state index contributed by atoms with van der Waals surface area (Å²) in [4.78, 5) is 24.6. The summed E-state index contributed by atoms with van der Waals surface area (Å²) in [6, 6.07) is 6.14. The van der Waals surface area contributed by atoms with Crippen LogP contribution in [0.25, 0.3) is 0 Å². The van der Waals surface area contributed by atoms with Gasteiger partial charge in [-0.2, -0.15) is 0 Å². The second-order valence-electron chi connectivity index (χ2n) is 5.15. The molecule has 1 atom stereocenters. The molecular weight excluding hydrogens is 272 g/mol. The van der Waals surface area contributed by atoms with E-state index in [9.17, 15) is 9.59 Å². The number of carbonyl (C=O) groups excluding carboxylic acids is 1. The molecule has 21 heavy (non-hydrogen) atoms. The van der Waals surface area contributed by atoms with Crippen LogP contribution in [0.2, 0.25) is 0 Å². The number of rotatable bonds is 4. The third-order valence-electron chi connectivity index (χ3n) is 3.60. The van der Waals surface area contributed by atoms with E-state index < -0.39 is 5.97 Å². The maximum Gasteiger partial charge on any atom is 0.337 e. The molecule has 0 aromatic heterocycles. The predicted octanol–water partition coefficient (Wildman–Crippen LogP) is 1.96. The van der Waals surface area contributed by atoms with Crippen molar-refractivity contribution in [1.82, 2.24) is 5.32 Å². The van der Waals surface area contributed by atoms with Gasteiger partial charge >= 0.3 is 12.0 Å². The van der Waals surface area contributed by atoms with Gasteiger partial charge in [0.25, 0.3) is 0 Å². The first-order valence-corrected chi connectivity index (χ1v) is 7.01. The Labute approximate surface area is 123 Å². The minimum Gasteiger partial charge on any atom is -0.478 e. The van der Waals surface area contributed by atoms with Gasteiger partial charge in [-0.15, -0.1) is 0 Å². The van der Waals surface area contributed by atoms with Crippen molar-refractivity contribution in [1.29, 1.82) is 0 Å². The summed E-state index contributed by atoms with van der Waals surface area (Å²) in [7, 11) is 1.56. The number of hydrogen-bond donors (Lipinski definition) is 2. The van der Waals surface area contributed by atoms with E-state index in [0.717, 1.165) is 19.4 Å². The summed E-state index contributed by atoms with van der Waals surface area (Å²) in [5.74, 6) is -0.725. The zero-order chi connectivity index (χ0) is 15.2. The summed E-state index contributed by atoms with van der Waals surface area (Å²) in [5.41, 5.74) is 0.485. The average Bonchev–Trinajstić information content (AvgIpc) is 2.52. The lowest BCUT2D eigenvalue weighted by molar-refractivity contribution is 0.0558. The molecule has 0 spiro atoms. The Morgan fingerprint density at radius 3 is 2.86 bits per heavy atom. The zero-order valence-electron chi connectivity index (χ0n) is 12.0. The summed E-state index contributed by atoms with van der Waals surface area (Å²) >= 11 is 0. The van der Waals surface area contributed by atoms with Crippen LogP contribution in [0.5, 0.6) is 0 Å². The molecule has 1 heterocycles. The Balaban J connectivity index is 1.97. The number of hydrogen-bond acceptors (Lipinski definition) is 3. The van der Waals surface area contributed by atoms with Crippen molar-refractivity contribution >= 4 is 17.7 Å². The second-order valence-corrected chi connectivity index (χ2v) is 5.15. The smallest absolute Gasteiger partial charge is 0.337 e. The van der Waals surface area contributed by atoms with E-state index in [1.165, 1.54) is 11.0 Å². The number of ether oxygens (including phenoxy) is 1. The topological polar surface area (TPSA) is 78.9 Å². The van der Waals surface area contributed by atoms with E-state index in [2.05, 4.69) is 5.32 Å². The Bertz CT molecular complexity index is 512. The quantitative estimate of drug-likeness (QED) is 0.889. The van der Waals surface area contributed by atoms with E-state index in [4.69, 9.17) is 9.84 Å². The third kappa shape index (κ3) is 3.95. The molecule has 6 heteroatoms. The highest BCUT2D eigenvalue weighted by atomic mass is 16.5. The number of nitrogens with zero attached hydrogens (tertiary/aromatic N) is 1. The van der Waals surface area contributed by atoms with Gasteiger partial charge in [0.1, 0.15) is 0 Å². The van der Waals surface area contributed by atoms with Crippen LogP contribution in [-0.4, -0.2) is 43.9 Å². The van der Waals surface area contributed by atoms with E-state index >= 15 is 0 Å². The number of amides is 2. The lowest BCUT2D eigenvalue weighted by atomic mass is 10.0. The van der Waals surface area contributed by atoms with Gasteiger partial charge in [0.05, 0.1) is 17.9 Å². The molecule has 0 bridgehead atoms. The SMILES string of the molecule is CN(C(=O)NCC1CCCOC1)c1ccccc1C(=O)O. The molecule has 0 saturated carbocycles.